The Balaban J connectivity index is 1.89. The smallest absolute Gasteiger partial charge is 0.323 e. The molecule has 1 aromatic rings. The van der Waals surface area contributed by atoms with Gasteiger partial charge in [-0.2, -0.15) is 0 Å². The van der Waals surface area contributed by atoms with E-state index in [1.807, 2.05) is 13.0 Å². The SMILES string of the molecule is CN[C@H]1CCOC(CCc2ccccc2)CC(C)OC1=O. The van der Waals surface area contributed by atoms with Crippen molar-refractivity contribution in [2.24, 2.45) is 0 Å². The molecular weight excluding hydrogens is 266 g/mol. The normalized spacial score (nSPS) is 27.3. The van der Waals surface area contributed by atoms with Gasteiger partial charge in [-0.3, -0.25) is 4.79 Å². The third kappa shape index (κ3) is 5.14. The largest absolute Gasteiger partial charge is 0.461 e. The third-order valence-electron chi connectivity index (χ3n) is 3.90. The molecule has 0 spiro atoms. The highest BCUT2D eigenvalue weighted by atomic mass is 16.5. The number of hydrogen-bond donors (Lipinski definition) is 1. The Morgan fingerprint density at radius 1 is 1.29 bits per heavy atom. The van der Waals surface area contributed by atoms with Gasteiger partial charge in [0.25, 0.3) is 0 Å². The molecule has 4 nitrogen and oxygen atoms in total. The molecule has 0 amide bonds. The highest BCUT2D eigenvalue weighted by Crippen LogP contribution is 2.17. The number of carbonyl (C=O) groups is 1. The maximum absolute atomic E-state index is 11.9. The summed E-state index contributed by atoms with van der Waals surface area (Å²) < 4.78 is 11.4. The number of esters is 1. The van der Waals surface area contributed by atoms with Crippen molar-refractivity contribution >= 4 is 5.97 Å². The summed E-state index contributed by atoms with van der Waals surface area (Å²) in [6.45, 7) is 2.53. The molecule has 0 saturated carbocycles. The lowest BCUT2D eigenvalue weighted by Gasteiger charge is -2.20. The van der Waals surface area contributed by atoms with Gasteiger partial charge in [0.1, 0.15) is 12.1 Å². The van der Waals surface area contributed by atoms with Crippen LogP contribution in [0.15, 0.2) is 30.3 Å². The van der Waals surface area contributed by atoms with E-state index in [0.717, 1.165) is 19.3 Å². The van der Waals surface area contributed by atoms with Gasteiger partial charge >= 0.3 is 5.97 Å². The molecule has 1 aliphatic heterocycles. The van der Waals surface area contributed by atoms with Crippen molar-refractivity contribution in [3.8, 4) is 0 Å². The first-order chi connectivity index (χ1) is 10.2. The fourth-order valence-corrected chi connectivity index (χ4v) is 2.67. The molecular formula is C17H25NO3. The minimum atomic E-state index is -0.264. The van der Waals surface area contributed by atoms with Gasteiger partial charge in [-0.25, -0.2) is 0 Å². The molecule has 1 saturated heterocycles. The zero-order valence-electron chi connectivity index (χ0n) is 12.9. The van der Waals surface area contributed by atoms with Gasteiger partial charge in [-0.1, -0.05) is 30.3 Å². The second kappa shape index (κ2) is 8.15. The number of carbonyl (C=O) groups excluding carboxylic acids is 1. The van der Waals surface area contributed by atoms with Gasteiger partial charge in [0.2, 0.25) is 0 Å². The Labute approximate surface area is 126 Å². The number of rotatable bonds is 4. The number of nitrogens with one attached hydrogen (secondary N) is 1. The van der Waals surface area contributed by atoms with Crippen molar-refractivity contribution in [1.29, 1.82) is 0 Å². The topological polar surface area (TPSA) is 47.6 Å². The third-order valence-corrected chi connectivity index (χ3v) is 3.90. The van der Waals surface area contributed by atoms with Gasteiger partial charge in [0.05, 0.1) is 6.10 Å². The molecule has 1 aromatic carbocycles. The van der Waals surface area contributed by atoms with Gasteiger partial charge < -0.3 is 14.8 Å². The predicted molar refractivity (Wildman–Crippen MR) is 82.1 cm³/mol. The highest BCUT2D eigenvalue weighted by Gasteiger charge is 2.25. The Hall–Kier alpha value is -1.39. The Bertz CT molecular complexity index is 435. The fraction of sp³-hybridized carbons (Fsp3) is 0.588. The summed E-state index contributed by atoms with van der Waals surface area (Å²) in [7, 11) is 1.78. The average molecular weight is 291 g/mol. The second-order valence-corrected chi connectivity index (χ2v) is 5.63. The standard InChI is InChI=1S/C17H25NO3/c1-13-12-15(9-8-14-6-4-3-5-7-14)20-11-10-16(18-2)17(19)21-13/h3-7,13,15-16,18H,8-12H2,1-2H3/t13?,15?,16-/m0/s1. The lowest BCUT2D eigenvalue weighted by molar-refractivity contribution is -0.151. The second-order valence-electron chi connectivity index (χ2n) is 5.63. The van der Waals surface area contributed by atoms with Crippen LogP contribution in [0.2, 0.25) is 0 Å². The van der Waals surface area contributed by atoms with E-state index in [9.17, 15) is 4.79 Å². The van der Waals surface area contributed by atoms with Crippen molar-refractivity contribution in [2.45, 2.75) is 50.9 Å². The van der Waals surface area contributed by atoms with E-state index in [1.54, 1.807) is 7.05 Å². The Kier molecular flexibility index (Phi) is 6.21. The van der Waals surface area contributed by atoms with Crippen LogP contribution in [0.3, 0.4) is 0 Å². The first-order valence-corrected chi connectivity index (χ1v) is 7.72. The van der Waals surface area contributed by atoms with Gasteiger partial charge in [-0.15, -0.1) is 0 Å². The molecule has 0 bridgehead atoms. The van der Waals surface area contributed by atoms with Crippen LogP contribution in [0.25, 0.3) is 0 Å². The molecule has 21 heavy (non-hydrogen) atoms. The first kappa shape index (κ1) is 16.0. The summed E-state index contributed by atoms with van der Waals surface area (Å²) in [5.41, 5.74) is 1.32. The molecule has 1 heterocycles. The summed E-state index contributed by atoms with van der Waals surface area (Å²) in [6.07, 6.45) is 3.40. The molecule has 2 rings (SSSR count). The van der Waals surface area contributed by atoms with E-state index >= 15 is 0 Å². The van der Waals surface area contributed by atoms with Crippen LogP contribution in [-0.4, -0.2) is 37.9 Å². The molecule has 3 atom stereocenters. The lowest BCUT2D eigenvalue weighted by atomic mass is 10.0. The van der Waals surface area contributed by atoms with Crippen molar-refractivity contribution in [3.05, 3.63) is 35.9 Å². The molecule has 0 aromatic heterocycles. The van der Waals surface area contributed by atoms with Crippen molar-refractivity contribution in [1.82, 2.24) is 5.32 Å². The maximum atomic E-state index is 11.9. The molecule has 4 heteroatoms. The van der Waals surface area contributed by atoms with Crippen molar-refractivity contribution in [3.63, 3.8) is 0 Å². The summed E-state index contributed by atoms with van der Waals surface area (Å²) in [4.78, 5) is 11.9. The number of benzene rings is 1. The van der Waals surface area contributed by atoms with Gasteiger partial charge in [0, 0.05) is 13.0 Å². The van der Waals surface area contributed by atoms with E-state index in [1.165, 1.54) is 5.56 Å². The van der Waals surface area contributed by atoms with E-state index < -0.39 is 0 Å². The lowest BCUT2D eigenvalue weighted by Crippen LogP contribution is -2.37. The van der Waals surface area contributed by atoms with E-state index in [0.29, 0.717) is 13.0 Å². The van der Waals surface area contributed by atoms with Crippen molar-refractivity contribution < 1.29 is 14.3 Å². The van der Waals surface area contributed by atoms with Gasteiger partial charge in [0.15, 0.2) is 0 Å². The van der Waals surface area contributed by atoms with E-state index in [2.05, 4.69) is 29.6 Å². The Morgan fingerprint density at radius 2 is 2.05 bits per heavy atom. The number of aryl methyl sites for hydroxylation is 1. The van der Waals surface area contributed by atoms with Crippen LogP contribution in [-0.2, 0) is 20.7 Å². The molecule has 0 aliphatic carbocycles. The zero-order valence-corrected chi connectivity index (χ0v) is 12.9. The van der Waals surface area contributed by atoms with E-state index in [4.69, 9.17) is 9.47 Å². The first-order valence-electron chi connectivity index (χ1n) is 7.72. The minimum Gasteiger partial charge on any atom is -0.461 e. The zero-order chi connectivity index (χ0) is 15.1. The Morgan fingerprint density at radius 3 is 2.76 bits per heavy atom. The fourth-order valence-electron chi connectivity index (χ4n) is 2.67. The summed E-state index contributed by atoms with van der Waals surface area (Å²) in [5.74, 6) is -0.169. The highest BCUT2D eigenvalue weighted by molar-refractivity contribution is 5.75. The van der Waals surface area contributed by atoms with Crippen LogP contribution in [0, 0.1) is 0 Å². The van der Waals surface area contributed by atoms with E-state index in [-0.39, 0.29) is 24.2 Å². The molecule has 1 aliphatic rings. The quantitative estimate of drug-likeness (QED) is 0.865. The number of ether oxygens (including phenoxy) is 2. The molecule has 0 radical (unpaired) electrons. The van der Waals surface area contributed by atoms with Crippen LogP contribution in [0.5, 0.6) is 0 Å². The predicted octanol–water partition coefficient (Wildman–Crippen LogP) is 2.32. The molecule has 1 fully saturated rings. The summed E-state index contributed by atoms with van der Waals surface area (Å²) in [6, 6.07) is 10.1. The number of hydrogen-bond acceptors (Lipinski definition) is 4. The monoisotopic (exact) mass is 291 g/mol. The van der Waals surface area contributed by atoms with Gasteiger partial charge in [-0.05, 0) is 38.8 Å². The van der Waals surface area contributed by atoms with Crippen molar-refractivity contribution in [2.75, 3.05) is 13.7 Å². The average Bonchev–Trinajstić information content (AvgIpc) is 2.55. The maximum Gasteiger partial charge on any atom is 0.323 e. The van der Waals surface area contributed by atoms with Crippen LogP contribution >= 0.6 is 0 Å². The number of cyclic esters (lactones) is 1. The minimum absolute atomic E-state index is 0.104. The van der Waals surface area contributed by atoms with Crippen LogP contribution < -0.4 is 5.32 Å². The molecule has 2 unspecified atom stereocenters. The van der Waals surface area contributed by atoms with Crippen LogP contribution in [0.1, 0.15) is 31.7 Å². The summed E-state index contributed by atoms with van der Waals surface area (Å²) in [5, 5.41) is 2.99. The molecule has 116 valence electrons. The van der Waals surface area contributed by atoms with Crippen LogP contribution in [0.4, 0.5) is 0 Å². The molecule has 1 N–H and O–H groups in total. The number of likely N-dealkylation sites (N-methyl/N-ethyl adjacent to an activating group) is 1. The summed E-state index contributed by atoms with van der Waals surface area (Å²) >= 11 is 0.